The molecule has 1 aromatic heterocycles. The predicted molar refractivity (Wildman–Crippen MR) is 90.6 cm³/mol. The van der Waals surface area contributed by atoms with E-state index in [0.29, 0.717) is 18.1 Å². The molecule has 2 aromatic rings. The number of hydrogen-bond acceptors (Lipinski definition) is 4. The summed E-state index contributed by atoms with van der Waals surface area (Å²) < 4.78 is 10.2. The van der Waals surface area contributed by atoms with Gasteiger partial charge >= 0.3 is 12.0 Å². The maximum atomic E-state index is 12.5. The van der Waals surface area contributed by atoms with Gasteiger partial charge in [-0.25, -0.2) is 4.79 Å². The van der Waals surface area contributed by atoms with E-state index in [9.17, 15) is 9.59 Å². The number of esters is 1. The normalized spacial score (nSPS) is 10.2. The third kappa shape index (κ3) is 5.46. The third-order valence-electron chi connectivity index (χ3n) is 3.37. The van der Waals surface area contributed by atoms with Crippen molar-refractivity contribution < 1.29 is 18.7 Å². The van der Waals surface area contributed by atoms with Gasteiger partial charge in [-0.2, -0.15) is 0 Å². The number of aryl methyl sites for hydroxylation is 1. The van der Waals surface area contributed by atoms with E-state index >= 15 is 0 Å². The quantitative estimate of drug-likeness (QED) is 0.788. The maximum absolute atomic E-state index is 12.5. The van der Waals surface area contributed by atoms with Gasteiger partial charge in [-0.3, -0.25) is 4.79 Å². The number of nitrogens with zero attached hydrogens (tertiary/aromatic N) is 1. The van der Waals surface area contributed by atoms with Gasteiger partial charge in [-0.05, 0) is 43.7 Å². The van der Waals surface area contributed by atoms with Crippen molar-refractivity contribution in [3.8, 4) is 0 Å². The minimum Gasteiger partial charge on any atom is -0.467 e. The summed E-state index contributed by atoms with van der Waals surface area (Å²) >= 11 is 0. The Bertz CT molecular complexity index is 667. The number of carbonyl (C=O) groups excluding carboxylic acids is 2. The molecule has 128 valence electrons. The first-order valence-electron chi connectivity index (χ1n) is 7.89. The summed E-state index contributed by atoms with van der Waals surface area (Å²) in [5, 5.41) is 2.84. The number of amides is 2. The Labute approximate surface area is 141 Å². The SMILES string of the molecule is CCOC(=O)CCN(Cc1ccco1)C(=O)Nc1cccc(C)c1. The zero-order valence-electron chi connectivity index (χ0n) is 14.0. The van der Waals surface area contributed by atoms with Crippen LogP contribution in [0.5, 0.6) is 0 Å². The molecule has 0 unspecified atom stereocenters. The Hall–Kier alpha value is -2.76. The fourth-order valence-electron chi connectivity index (χ4n) is 2.23. The molecule has 24 heavy (non-hydrogen) atoms. The van der Waals surface area contributed by atoms with Gasteiger partial charge in [0.2, 0.25) is 0 Å². The van der Waals surface area contributed by atoms with Crippen LogP contribution in [0.2, 0.25) is 0 Å². The number of hydrogen-bond donors (Lipinski definition) is 1. The molecule has 6 heteroatoms. The second-order valence-corrected chi connectivity index (χ2v) is 5.36. The van der Waals surface area contributed by atoms with Crippen LogP contribution >= 0.6 is 0 Å². The van der Waals surface area contributed by atoms with Crippen LogP contribution in [0.15, 0.2) is 47.1 Å². The second-order valence-electron chi connectivity index (χ2n) is 5.36. The van der Waals surface area contributed by atoms with Crippen molar-refractivity contribution in [3.05, 3.63) is 54.0 Å². The number of carbonyl (C=O) groups is 2. The fraction of sp³-hybridized carbons (Fsp3) is 0.333. The Morgan fingerprint density at radius 3 is 2.75 bits per heavy atom. The Morgan fingerprint density at radius 2 is 2.08 bits per heavy atom. The first-order valence-corrected chi connectivity index (χ1v) is 7.89. The van der Waals surface area contributed by atoms with Crippen LogP contribution in [-0.2, 0) is 16.1 Å². The molecule has 0 radical (unpaired) electrons. The van der Waals surface area contributed by atoms with Crippen LogP contribution in [-0.4, -0.2) is 30.1 Å². The van der Waals surface area contributed by atoms with E-state index in [4.69, 9.17) is 9.15 Å². The van der Waals surface area contributed by atoms with Gasteiger partial charge in [0.05, 0.1) is 25.8 Å². The van der Waals surface area contributed by atoms with Gasteiger partial charge in [0.15, 0.2) is 0 Å². The lowest BCUT2D eigenvalue weighted by atomic mass is 10.2. The average Bonchev–Trinajstić information content (AvgIpc) is 3.04. The van der Waals surface area contributed by atoms with Crippen LogP contribution in [0, 0.1) is 6.92 Å². The maximum Gasteiger partial charge on any atom is 0.322 e. The van der Waals surface area contributed by atoms with Crippen molar-refractivity contribution in [1.29, 1.82) is 0 Å². The number of nitrogens with one attached hydrogen (secondary N) is 1. The lowest BCUT2D eigenvalue weighted by molar-refractivity contribution is -0.143. The van der Waals surface area contributed by atoms with Crippen LogP contribution < -0.4 is 5.32 Å². The number of urea groups is 1. The molecule has 0 atom stereocenters. The number of rotatable bonds is 7. The van der Waals surface area contributed by atoms with Crippen molar-refractivity contribution >= 4 is 17.7 Å². The highest BCUT2D eigenvalue weighted by Gasteiger charge is 2.17. The zero-order chi connectivity index (χ0) is 17.4. The topological polar surface area (TPSA) is 71.8 Å². The van der Waals surface area contributed by atoms with Gasteiger partial charge in [0.25, 0.3) is 0 Å². The molecule has 0 bridgehead atoms. The van der Waals surface area contributed by atoms with Crippen molar-refractivity contribution in [2.45, 2.75) is 26.8 Å². The highest BCUT2D eigenvalue weighted by molar-refractivity contribution is 5.89. The first-order chi connectivity index (χ1) is 11.6. The number of anilines is 1. The summed E-state index contributed by atoms with van der Waals surface area (Å²) in [7, 11) is 0. The lowest BCUT2D eigenvalue weighted by Gasteiger charge is -2.22. The second kappa shape index (κ2) is 8.76. The van der Waals surface area contributed by atoms with Crippen LogP contribution in [0.1, 0.15) is 24.7 Å². The molecule has 1 heterocycles. The molecule has 6 nitrogen and oxygen atoms in total. The number of ether oxygens (including phenoxy) is 1. The first kappa shape index (κ1) is 17.6. The summed E-state index contributed by atoms with van der Waals surface area (Å²) in [5.74, 6) is 0.323. The van der Waals surface area contributed by atoms with E-state index in [1.807, 2.05) is 31.2 Å². The molecule has 0 aliphatic carbocycles. The highest BCUT2D eigenvalue weighted by Crippen LogP contribution is 2.13. The molecular formula is C18H22N2O4. The van der Waals surface area contributed by atoms with Crippen LogP contribution in [0.4, 0.5) is 10.5 Å². The molecule has 0 spiro atoms. The summed E-state index contributed by atoms with van der Waals surface area (Å²) in [5.41, 5.74) is 1.76. The summed E-state index contributed by atoms with van der Waals surface area (Å²) in [6.07, 6.45) is 1.69. The van der Waals surface area contributed by atoms with E-state index in [-0.39, 0.29) is 31.5 Å². The predicted octanol–water partition coefficient (Wildman–Crippen LogP) is 3.58. The smallest absolute Gasteiger partial charge is 0.322 e. The molecule has 1 N–H and O–H groups in total. The standard InChI is InChI=1S/C18H22N2O4/c1-3-23-17(21)9-10-20(13-16-8-5-11-24-16)18(22)19-15-7-4-6-14(2)12-15/h4-8,11-12H,3,9-10,13H2,1-2H3,(H,19,22). The third-order valence-corrected chi connectivity index (χ3v) is 3.37. The van der Waals surface area contributed by atoms with Crippen molar-refractivity contribution in [3.63, 3.8) is 0 Å². The van der Waals surface area contributed by atoms with Gasteiger partial charge in [0.1, 0.15) is 5.76 Å². The highest BCUT2D eigenvalue weighted by atomic mass is 16.5. The minimum atomic E-state index is -0.328. The fourth-order valence-corrected chi connectivity index (χ4v) is 2.23. The largest absolute Gasteiger partial charge is 0.467 e. The summed E-state index contributed by atoms with van der Waals surface area (Å²) in [4.78, 5) is 25.6. The Balaban J connectivity index is 2.02. The van der Waals surface area contributed by atoms with Gasteiger partial charge in [-0.15, -0.1) is 0 Å². The average molecular weight is 330 g/mol. The lowest BCUT2D eigenvalue weighted by Crippen LogP contribution is -2.36. The van der Waals surface area contributed by atoms with Crippen molar-refractivity contribution in [1.82, 2.24) is 4.90 Å². The molecule has 0 aliphatic rings. The summed E-state index contributed by atoms with van der Waals surface area (Å²) in [6.45, 7) is 4.56. The van der Waals surface area contributed by atoms with E-state index in [1.165, 1.54) is 4.90 Å². The summed E-state index contributed by atoms with van der Waals surface area (Å²) in [6, 6.07) is 10.8. The molecule has 0 saturated carbocycles. The number of furan rings is 1. The Kier molecular flexibility index (Phi) is 6.42. The molecule has 1 aromatic carbocycles. The van der Waals surface area contributed by atoms with Crippen LogP contribution in [0.3, 0.4) is 0 Å². The van der Waals surface area contributed by atoms with E-state index in [2.05, 4.69) is 5.32 Å². The van der Waals surface area contributed by atoms with Gasteiger partial charge in [0, 0.05) is 12.2 Å². The Morgan fingerprint density at radius 1 is 1.25 bits per heavy atom. The molecule has 0 saturated heterocycles. The van der Waals surface area contributed by atoms with Gasteiger partial charge in [-0.1, -0.05) is 12.1 Å². The van der Waals surface area contributed by atoms with E-state index < -0.39 is 0 Å². The van der Waals surface area contributed by atoms with Gasteiger partial charge < -0.3 is 19.4 Å². The molecular weight excluding hydrogens is 308 g/mol. The molecule has 2 amide bonds. The molecule has 0 aliphatic heterocycles. The number of benzene rings is 1. The van der Waals surface area contributed by atoms with Crippen molar-refractivity contribution in [2.24, 2.45) is 0 Å². The monoisotopic (exact) mass is 330 g/mol. The molecule has 0 fully saturated rings. The van der Waals surface area contributed by atoms with Crippen LogP contribution in [0.25, 0.3) is 0 Å². The zero-order valence-corrected chi connectivity index (χ0v) is 14.0. The van der Waals surface area contributed by atoms with E-state index in [0.717, 1.165) is 5.56 Å². The minimum absolute atomic E-state index is 0.135. The van der Waals surface area contributed by atoms with Crippen molar-refractivity contribution in [2.75, 3.05) is 18.5 Å². The molecule has 2 rings (SSSR count). The van der Waals surface area contributed by atoms with E-state index in [1.54, 1.807) is 25.3 Å².